The molecule has 3 heterocycles. The Kier molecular flexibility index (Phi) is 2.72. The summed E-state index contributed by atoms with van der Waals surface area (Å²) in [6, 6.07) is 1.83. The lowest BCUT2D eigenvalue weighted by Gasteiger charge is -2.05. The van der Waals surface area contributed by atoms with Crippen molar-refractivity contribution in [3.05, 3.63) is 29.7 Å². The molecule has 0 atom stereocenters. The molecule has 0 unspecified atom stereocenters. The molecule has 3 rings (SSSR count). The lowest BCUT2D eigenvalue weighted by molar-refractivity contribution is 1.17. The fourth-order valence-corrected chi connectivity index (χ4v) is 2.04. The third kappa shape index (κ3) is 1.96. The van der Waals surface area contributed by atoms with Gasteiger partial charge in [0, 0.05) is 30.4 Å². The van der Waals surface area contributed by atoms with E-state index in [2.05, 4.69) is 25.3 Å². The van der Waals surface area contributed by atoms with Crippen molar-refractivity contribution < 1.29 is 0 Å². The summed E-state index contributed by atoms with van der Waals surface area (Å²) in [5.41, 5.74) is 7.84. The first kappa shape index (κ1) is 11.7. The van der Waals surface area contributed by atoms with Gasteiger partial charge in [0.1, 0.15) is 5.65 Å². The summed E-state index contributed by atoms with van der Waals surface area (Å²) in [4.78, 5) is 15.9. The first-order valence-corrected chi connectivity index (χ1v) is 6.00. The van der Waals surface area contributed by atoms with Crippen LogP contribution in [-0.2, 0) is 0 Å². The second kappa shape index (κ2) is 4.40. The molecule has 3 aromatic heterocycles. The van der Waals surface area contributed by atoms with E-state index < -0.39 is 0 Å². The molecule has 96 valence electrons. The minimum Gasteiger partial charge on any atom is -0.394 e. The Morgan fingerprint density at radius 1 is 1.32 bits per heavy atom. The smallest absolute Gasteiger partial charge is 0.163 e. The van der Waals surface area contributed by atoms with E-state index in [0.717, 1.165) is 16.6 Å². The van der Waals surface area contributed by atoms with Gasteiger partial charge in [-0.05, 0) is 6.07 Å². The first-order chi connectivity index (χ1) is 9.19. The second-order valence-electron chi connectivity index (χ2n) is 4.00. The van der Waals surface area contributed by atoms with E-state index in [0.29, 0.717) is 22.4 Å². The highest BCUT2D eigenvalue weighted by atomic mass is 35.5. The molecule has 0 aliphatic carbocycles. The van der Waals surface area contributed by atoms with Gasteiger partial charge in [-0.3, -0.25) is 0 Å². The van der Waals surface area contributed by atoms with Gasteiger partial charge in [-0.1, -0.05) is 11.6 Å². The molecule has 4 N–H and O–H groups in total. The molecule has 19 heavy (non-hydrogen) atoms. The second-order valence-corrected chi connectivity index (χ2v) is 4.44. The highest BCUT2D eigenvalue weighted by molar-refractivity contribution is 6.31. The van der Waals surface area contributed by atoms with Crippen molar-refractivity contribution in [2.75, 3.05) is 18.1 Å². The van der Waals surface area contributed by atoms with Crippen molar-refractivity contribution in [2.24, 2.45) is 0 Å². The molecule has 0 aliphatic rings. The molecule has 0 amide bonds. The number of nitrogens with one attached hydrogen (secondary N) is 2. The third-order valence-electron chi connectivity index (χ3n) is 2.79. The number of hydrogen-bond donors (Lipinski definition) is 3. The van der Waals surface area contributed by atoms with E-state index in [4.69, 9.17) is 17.3 Å². The molecule has 6 nitrogen and oxygen atoms in total. The summed E-state index contributed by atoms with van der Waals surface area (Å²) in [5, 5.41) is 4.37. The minimum atomic E-state index is 0.502. The topological polar surface area (TPSA) is 92.5 Å². The third-order valence-corrected chi connectivity index (χ3v) is 3.00. The van der Waals surface area contributed by atoms with Crippen molar-refractivity contribution >= 4 is 34.1 Å². The van der Waals surface area contributed by atoms with Gasteiger partial charge < -0.3 is 16.0 Å². The van der Waals surface area contributed by atoms with Crippen molar-refractivity contribution in [2.45, 2.75) is 0 Å². The van der Waals surface area contributed by atoms with Gasteiger partial charge in [-0.25, -0.2) is 15.0 Å². The molecule has 7 heteroatoms. The number of fused-ring (bicyclic) bond motifs is 1. The zero-order valence-corrected chi connectivity index (χ0v) is 10.9. The Morgan fingerprint density at radius 3 is 2.95 bits per heavy atom. The summed E-state index contributed by atoms with van der Waals surface area (Å²) >= 11 is 5.97. The summed E-state index contributed by atoms with van der Waals surface area (Å²) < 4.78 is 0. The number of halogens is 1. The monoisotopic (exact) mass is 274 g/mol. The Morgan fingerprint density at radius 2 is 2.16 bits per heavy atom. The van der Waals surface area contributed by atoms with Crippen LogP contribution in [0, 0.1) is 0 Å². The summed E-state index contributed by atoms with van der Waals surface area (Å²) in [6.45, 7) is 0. The van der Waals surface area contributed by atoms with Crippen LogP contribution in [0.3, 0.4) is 0 Å². The van der Waals surface area contributed by atoms with E-state index in [-0.39, 0.29) is 0 Å². The minimum absolute atomic E-state index is 0.502. The van der Waals surface area contributed by atoms with Crippen LogP contribution in [0.15, 0.2) is 24.7 Å². The number of aromatic amines is 1. The molecule has 0 aromatic carbocycles. The molecule has 3 aromatic rings. The lowest BCUT2D eigenvalue weighted by atomic mass is 10.2. The number of anilines is 2. The number of H-pyrrole nitrogens is 1. The molecule has 0 fully saturated rings. The quantitative estimate of drug-likeness (QED) is 0.667. The predicted octanol–water partition coefficient (Wildman–Crippen LogP) is 2.30. The van der Waals surface area contributed by atoms with Crippen LogP contribution in [0.1, 0.15) is 0 Å². The van der Waals surface area contributed by atoms with Crippen LogP contribution >= 0.6 is 11.6 Å². The normalized spacial score (nSPS) is 10.8. The van der Waals surface area contributed by atoms with E-state index in [1.165, 1.54) is 0 Å². The maximum atomic E-state index is 5.97. The van der Waals surface area contributed by atoms with Crippen LogP contribution in [0.5, 0.6) is 0 Å². The molecule has 0 saturated carbocycles. The maximum Gasteiger partial charge on any atom is 0.163 e. The van der Waals surface area contributed by atoms with Gasteiger partial charge >= 0.3 is 0 Å². The van der Waals surface area contributed by atoms with Gasteiger partial charge in [0.25, 0.3) is 0 Å². The predicted molar refractivity (Wildman–Crippen MR) is 76.1 cm³/mol. The van der Waals surface area contributed by atoms with Gasteiger partial charge in [-0.15, -0.1) is 0 Å². The molecule has 0 saturated heterocycles. The van der Waals surface area contributed by atoms with E-state index in [1.54, 1.807) is 25.6 Å². The van der Waals surface area contributed by atoms with Crippen molar-refractivity contribution in [1.82, 2.24) is 19.9 Å². The zero-order chi connectivity index (χ0) is 13.4. The number of rotatable bonds is 2. The van der Waals surface area contributed by atoms with Crippen LogP contribution < -0.4 is 11.1 Å². The molecular formula is C12H11ClN6. The fraction of sp³-hybridized carbons (Fsp3) is 0.0833. The van der Waals surface area contributed by atoms with E-state index in [1.807, 2.05) is 6.07 Å². The van der Waals surface area contributed by atoms with Gasteiger partial charge in [0.05, 0.1) is 16.9 Å². The van der Waals surface area contributed by atoms with Crippen molar-refractivity contribution in [3.8, 4) is 11.4 Å². The zero-order valence-electron chi connectivity index (χ0n) is 10.1. The maximum absolute atomic E-state index is 5.97. The Hall–Kier alpha value is -2.34. The van der Waals surface area contributed by atoms with Crippen LogP contribution in [-0.4, -0.2) is 27.0 Å². The van der Waals surface area contributed by atoms with Gasteiger partial charge in [0.2, 0.25) is 0 Å². The highest BCUT2D eigenvalue weighted by Crippen LogP contribution is 2.28. The summed E-state index contributed by atoms with van der Waals surface area (Å²) in [5.74, 6) is 1.16. The molecular weight excluding hydrogens is 264 g/mol. The standard InChI is InChI=1S/C12H11ClN6/c1-15-12-9(14)5-18-11(19-12)8-4-17-10-7(8)2-6(13)3-16-10/h2-5H,14H2,1H3,(H,16,17)(H,15,18,19). The number of pyridine rings is 1. The average molecular weight is 275 g/mol. The summed E-state index contributed by atoms with van der Waals surface area (Å²) in [7, 11) is 1.76. The van der Waals surface area contributed by atoms with Gasteiger partial charge in [-0.2, -0.15) is 0 Å². The largest absolute Gasteiger partial charge is 0.394 e. The first-order valence-electron chi connectivity index (χ1n) is 5.62. The SMILES string of the molecule is CNc1nc(-c2c[nH]c3ncc(Cl)cc23)ncc1N. The van der Waals surface area contributed by atoms with Crippen molar-refractivity contribution in [1.29, 1.82) is 0 Å². The molecule has 0 spiro atoms. The van der Waals surface area contributed by atoms with Crippen LogP contribution in [0.2, 0.25) is 5.02 Å². The molecule has 0 bridgehead atoms. The number of nitrogens with two attached hydrogens (primary N) is 1. The average Bonchev–Trinajstić information content (AvgIpc) is 2.82. The number of nitrogens with zero attached hydrogens (tertiary/aromatic N) is 3. The Bertz CT molecular complexity index is 751. The van der Waals surface area contributed by atoms with Crippen LogP contribution in [0.25, 0.3) is 22.4 Å². The molecule has 0 aliphatic heterocycles. The number of hydrogen-bond acceptors (Lipinski definition) is 5. The van der Waals surface area contributed by atoms with E-state index >= 15 is 0 Å². The highest BCUT2D eigenvalue weighted by Gasteiger charge is 2.11. The summed E-state index contributed by atoms with van der Waals surface area (Å²) in [6.07, 6.45) is 4.97. The molecule has 0 radical (unpaired) electrons. The fourth-order valence-electron chi connectivity index (χ4n) is 1.88. The Labute approximate surface area is 114 Å². The Balaban J connectivity index is 2.21. The number of aromatic nitrogens is 4. The van der Waals surface area contributed by atoms with Crippen LogP contribution in [0.4, 0.5) is 11.5 Å². The van der Waals surface area contributed by atoms with Crippen molar-refractivity contribution in [3.63, 3.8) is 0 Å². The number of nitrogen functional groups attached to an aromatic ring is 1. The van der Waals surface area contributed by atoms with E-state index in [9.17, 15) is 0 Å². The lowest BCUT2D eigenvalue weighted by Crippen LogP contribution is -2.01. The van der Waals surface area contributed by atoms with Gasteiger partial charge in [0.15, 0.2) is 11.6 Å².